The topological polar surface area (TPSA) is 38.9 Å². The van der Waals surface area contributed by atoms with Gasteiger partial charge in [-0.25, -0.2) is 13.8 Å². The molecular formula is C18H20F2N2O. The molecule has 4 bridgehead atoms. The summed E-state index contributed by atoms with van der Waals surface area (Å²) in [5, 5.41) is 4.25. The second kappa shape index (κ2) is 4.52. The van der Waals surface area contributed by atoms with Gasteiger partial charge in [0.25, 0.3) is 12.1 Å². The van der Waals surface area contributed by atoms with Crippen LogP contribution >= 0.6 is 0 Å². The second-order valence-corrected chi connectivity index (χ2v) is 8.04. The van der Waals surface area contributed by atoms with Crippen LogP contribution in [0.15, 0.2) is 10.6 Å². The van der Waals surface area contributed by atoms with Gasteiger partial charge in [0.1, 0.15) is 0 Å². The van der Waals surface area contributed by atoms with Crippen molar-refractivity contribution in [2.75, 3.05) is 0 Å². The van der Waals surface area contributed by atoms with Crippen LogP contribution in [0.2, 0.25) is 0 Å². The van der Waals surface area contributed by atoms with Crippen LogP contribution in [0.4, 0.5) is 8.78 Å². The highest BCUT2D eigenvalue weighted by Gasteiger charge is 2.52. The average molecular weight is 318 g/mol. The van der Waals surface area contributed by atoms with Crippen molar-refractivity contribution in [3.63, 3.8) is 0 Å². The van der Waals surface area contributed by atoms with Gasteiger partial charge in [-0.05, 0) is 69.3 Å². The summed E-state index contributed by atoms with van der Waals surface area (Å²) in [5.74, 6) is 2.26. The standard InChI is InChI=1S/C18H20F2N2O/c1-9-15-13(16(19)20)5-14(21-17(15)23-22-9)18-6-10-2-11(7-18)4-12(3-10)8-18/h5,10-12,16H,2-4,6-8H2,1H3. The van der Waals surface area contributed by atoms with Crippen molar-refractivity contribution >= 4 is 11.1 Å². The molecule has 0 spiro atoms. The molecular weight excluding hydrogens is 298 g/mol. The Labute approximate surface area is 133 Å². The molecule has 4 fully saturated rings. The number of rotatable bonds is 2. The van der Waals surface area contributed by atoms with Crippen LogP contribution in [-0.4, -0.2) is 10.1 Å². The number of aryl methyl sites for hydroxylation is 1. The third-order valence-corrected chi connectivity index (χ3v) is 6.46. The molecule has 0 atom stereocenters. The first-order valence-electron chi connectivity index (χ1n) is 8.59. The zero-order valence-corrected chi connectivity index (χ0v) is 13.2. The van der Waals surface area contributed by atoms with Gasteiger partial charge < -0.3 is 4.52 Å². The Hall–Kier alpha value is -1.52. The van der Waals surface area contributed by atoms with Crippen LogP contribution in [0.3, 0.4) is 0 Å². The largest absolute Gasteiger partial charge is 0.336 e. The van der Waals surface area contributed by atoms with Gasteiger partial charge in [-0.3, -0.25) is 0 Å². The van der Waals surface area contributed by atoms with E-state index in [1.54, 1.807) is 13.0 Å². The quantitative estimate of drug-likeness (QED) is 0.787. The smallest absolute Gasteiger partial charge is 0.264 e. The van der Waals surface area contributed by atoms with Crippen LogP contribution < -0.4 is 0 Å². The number of fused-ring (bicyclic) bond motifs is 1. The van der Waals surface area contributed by atoms with E-state index in [9.17, 15) is 8.78 Å². The lowest BCUT2D eigenvalue weighted by atomic mass is 9.48. The predicted octanol–water partition coefficient (Wildman–Crippen LogP) is 4.94. The van der Waals surface area contributed by atoms with Crippen LogP contribution in [0, 0.1) is 24.7 Å². The van der Waals surface area contributed by atoms with Gasteiger partial charge in [-0.15, -0.1) is 0 Å². The van der Waals surface area contributed by atoms with E-state index in [1.165, 1.54) is 19.3 Å². The minimum Gasteiger partial charge on any atom is -0.336 e. The maximum absolute atomic E-state index is 13.6. The lowest BCUT2D eigenvalue weighted by molar-refractivity contribution is -0.00728. The minimum absolute atomic E-state index is 0.00667. The Balaban J connectivity index is 1.68. The van der Waals surface area contributed by atoms with E-state index in [1.807, 2.05) is 0 Å². The fraction of sp³-hybridized carbons (Fsp3) is 0.667. The number of hydrogen-bond acceptors (Lipinski definition) is 3. The third-order valence-electron chi connectivity index (χ3n) is 6.46. The Morgan fingerprint density at radius 3 is 2.30 bits per heavy atom. The van der Waals surface area contributed by atoms with Crippen LogP contribution in [0.25, 0.3) is 11.1 Å². The number of alkyl halides is 2. The molecule has 2 heterocycles. The van der Waals surface area contributed by atoms with Gasteiger partial charge in [0.15, 0.2) is 0 Å². The maximum Gasteiger partial charge on any atom is 0.264 e. The Morgan fingerprint density at radius 1 is 1.13 bits per heavy atom. The fourth-order valence-electron chi connectivity index (χ4n) is 6.00. The summed E-state index contributed by atoms with van der Waals surface area (Å²) in [7, 11) is 0. The molecule has 2 aromatic rings. The van der Waals surface area contributed by atoms with Crippen LogP contribution in [-0.2, 0) is 5.41 Å². The molecule has 0 aromatic carbocycles. The summed E-state index contributed by atoms with van der Waals surface area (Å²) in [6, 6.07) is 1.66. The van der Waals surface area contributed by atoms with Gasteiger partial charge >= 0.3 is 0 Å². The van der Waals surface area contributed by atoms with E-state index in [2.05, 4.69) is 10.1 Å². The van der Waals surface area contributed by atoms with E-state index in [4.69, 9.17) is 4.52 Å². The summed E-state index contributed by atoms with van der Waals surface area (Å²) < 4.78 is 32.5. The van der Waals surface area contributed by atoms with Gasteiger partial charge in [-0.2, -0.15) is 0 Å². The van der Waals surface area contributed by atoms with Crippen LogP contribution in [0.5, 0.6) is 0 Å². The minimum atomic E-state index is -2.52. The highest BCUT2D eigenvalue weighted by molar-refractivity contribution is 5.80. The summed E-state index contributed by atoms with van der Waals surface area (Å²) in [4.78, 5) is 4.67. The summed E-state index contributed by atoms with van der Waals surface area (Å²) in [6.45, 7) is 1.70. The molecule has 4 saturated carbocycles. The van der Waals surface area contributed by atoms with E-state index < -0.39 is 6.43 Å². The molecule has 6 rings (SSSR count). The molecule has 5 heteroatoms. The molecule has 0 N–H and O–H groups in total. The first kappa shape index (κ1) is 13.9. The van der Waals surface area contributed by atoms with Crippen molar-refractivity contribution in [2.24, 2.45) is 17.8 Å². The molecule has 3 nitrogen and oxygen atoms in total. The monoisotopic (exact) mass is 318 g/mol. The van der Waals surface area contributed by atoms with Gasteiger partial charge in [0.05, 0.1) is 16.8 Å². The molecule has 4 aliphatic carbocycles. The van der Waals surface area contributed by atoms with E-state index in [-0.39, 0.29) is 16.7 Å². The van der Waals surface area contributed by atoms with E-state index in [0.717, 1.165) is 42.7 Å². The molecule has 4 aliphatic rings. The Bertz CT molecular complexity index is 747. The van der Waals surface area contributed by atoms with E-state index >= 15 is 0 Å². The Kier molecular flexibility index (Phi) is 2.73. The van der Waals surface area contributed by atoms with Crippen molar-refractivity contribution < 1.29 is 13.3 Å². The number of hydrogen-bond donors (Lipinski definition) is 0. The molecule has 0 radical (unpaired) electrons. The number of pyridine rings is 1. The molecule has 0 saturated heterocycles. The first-order valence-corrected chi connectivity index (χ1v) is 8.59. The third kappa shape index (κ3) is 1.91. The number of halogens is 2. The lowest BCUT2D eigenvalue weighted by Gasteiger charge is -2.56. The second-order valence-electron chi connectivity index (χ2n) is 8.04. The number of nitrogens with zero attached hydrogens (tertiary/aromatic N) is 2. The molecule has 0 amide bonds. The Morgan fingerprint density at radius 2 is 1.74 bits per heavy atom. The highest BCUT2D eigenvalue weighted by atomic mass is 19.3. The normalized spacial score (nSPS) is 35.6. The molecule has 122 valence electrons. The van der Waals surface area contributed by atoms with Crippen LogP contribution in [0.1, 0.15) is 61.9 Å². The van der Waals surface area contributed by atoms with E-state index in [0.29, 0.717) is 11.1 Å². The van der Waals surface area contributed by atoms with Gasteiger partial charge in [0, 0.05) is 11.0 Å². The lowest BCUT2D eigenvalue weighted by Crippen LogP contribution is -2.49. The van der Waals surface area contributed by atoms with Crippen molar-refractivity contribution in [1.29, 1.82) is 0 Å². The van der Waals surface area contributed by atoms with Gasteiger partial charge in [-0.1, -0.05) is 5.16 Å². The molecule has 0 unspecified atom stereocenters. The van der Waals surface area contributed by atoms with Crippen molar-refractivity contribution in [1.82, 2.24) is 10.1 Å². The number of aromatic nitrogens is 2. The molecule has 0 aliphatic heterocycles. The summed E-state index contributed by atoms with van der Waals surface area (Å²) >= 11 is 0. The maximum atomic E-state index is 13.6. The summed E-state index contributed by atoms with van der Waals surface area (Å²) in [5.41, 5.74) is 1.65. The zero-order chi connectivity index (χ0) is 15.8. The fourth-order valence-corrected chi connectivity index (χ4v) is 6.00. The first-order chi connectivity index (χ1) is 11.0. The highest BCUT2D eigenvalue weighted by Crippen LogP contribution is 2.60. The molecule has 2 aromatic heterocycles. The predicted molar refractivity (Wildman–Crippen MR) is 81.3 cm³/mol. The average Bonchev–Trinajstić information content (AvgIpc) is 2.86. The molecule has 23 heavy (non-hydrogen) atoms. The van der Waals surface area contributed by atoms with Crippen molar-refractivity contribution in [3.8, 4) is 0 Å². The van der Waals surface area contributed by atoms with Crippen molar-refractivity contribution in [3.05, 3.63) is 23.0 Å². The zero-order valence-electron chi connectivity index (χ0n) is 13.2. The van der Waals surface area contributed by atoms with Gasteiger partial charge in [0.2, 0.25) is 0 Å². The van der Waals surface area contributed by atoms with Crippen molar-refractivity contribution in [2.45, 2.75) is 57.3 Å². The summed E-state index contributed by atoms with van der Waals surface area (Å²) in [6.07, 6.45) is 4.76. The SMILES string of the molecule is Cc1noc2nc(C34CC5CC(CC(C5)C3)C4)cc(C(F)F)c12.